The van der Waals surface area contributed by atoms with Crippen LogP contribution in [-0.4, -0.2) is 85.4 Å². The van der Waals surface area contributed by atoms with Crippen molar-refractivity contribution < 1.29 is 19.1 Å². The second-order valence-electron chi connectivity index (χ2n) is 9.45. The highest BCUT2D eigenvalue weighted by Crippen LogP contribution is 2.30. The monoisotopic (exact) mass is 491 g/mol. The number of para-hydroxylation sites is 1. The van der Waals surface area contributed by atoms with E-state index in [1.165, 1.54) is 18.6 Å². The summed E-state index contributed by atoms with van der Waals surface area (Å²) in [6, 6.07) is 15.0. The van der Waals surface area contributed by atoms with Crippen molar-refractivity contribution in [2.45, 2.75) is 32.2 Å². The third-order valence-electron chi connectivity index (χ3n) is 6.92. The van der Waals surface area contributed by atoms with Crippen molar-refractivity contribution in [2.24, 2.45) is 0 Å². The van der Waals surface area contributed by atoms with Crippen LogP contribution in [0, 0.1) is 0 Å². The van der Waals surface area contributed by atoms with Gasteiger partial charge in [-0.25, -0.2) is 0 Å². The van der Waals surface area contributed by atoms with Crippen LogP contribution in [-0.2, 0) is 4.79 Å². The average molecular weight is 492 g/mol. The lowest BCUT2D eigenvalue weighted by atomic mass is 10.0. The Morgan fingerprint density at radius 1 is 0.917 bits per heavy atom. The number of amides is 1. The largest absolute Gasteiger partial charge is 0.494 e. The van der Waals surface area contributed by atoms with Crippen LogP contribution in [0.5, 0.6) is 17.2 Å². The second kappa shape index (κ2) is 12.7. The molecule has 0 N–H and O–H groups in total. The summed E-state index contributed by atoms with van der Waals surface area (Å²) in [4.78, 5) is 32.7. The number of ketones is 1. The maximum Gasteiger partial charge on any atom is 0.246 e. The summed E-state index contributed by atoms with van der Waals surface area (Å²) in [5.74, 6) is 1.26. The number of hydrogen-bond donors (Lipinski definition) is 0. The fourth-order valence-electron chi connectivity index (χ4n) is 4.89. The number of rotatable bonds is 8. The third-order valence-corrected chi connectivity index (χ3v) is 6.92. The molecule has 0 aromatic heterocycles. The highest BCUT2D eigenvalue weighted by molar-refractivity contribution is 6.09. The predicted molar refractivity (Wildman–Crippen MR) is 141 cm³/mol. The van der Waals surface area contributed by atoms with Crippen molar-refractivity contribution in [1.29, 1.82) is 0 Å². The van der Waals surface area contributed by atoms with E-state index in [1.807, 2.05) is 42.2 Å². The molecule has 0 spiro atoms. The van der Waals surface area contributed by atoms with E-state index in [4.69, 9.17) is 9.47 Å². The SMILES string of the molecule is CCOc1ccc(C(=O)C=CC(=O)N2CCC(N3CCCN(C)CC3)CC2)c(Oc2ccccc2)c1. The van der Waals surface area contributed by atoms with E-state index < -0.39 is 0 Å². The number of hydrogen-bond acceptors (Lipinski definition) is 6. The first-order valence-electron chi connectivity index (χ1n) is 13.0. The van der Waals surface area contributed by atoms with Gasteiger partial charge in [-0.05, 0) is 76.7 Å². The molecule has 0 bridgehead atoms. The van der Waals surface area contributed by atoms with Crippen LogP contribution in [0.2, 0.25) is 0 Å². The summed E-state index contributed by atoms with van der Waals surface area (Å²) >= 11 is 0. The van der Waals surface area contributed by atoms with E-state index in [2.05, 4.69) is 16.8 Å². The highest BCUT2D eigenvalue weighted by atomic mass is 16.5. The Morgan fingerprint density at radius 3 is 2.44 bits per heavy atom. The van der Waals surface area contributed by atoms with Crippen LogP contribution in [0.4, 0.5) is 0 Å². The van der Waals surface area contributed by atoms with Crippen LogP contribution in [0.3, 0.4) is 0 Å². The Labute approximate surface area is 214 Å². The van der Waals surface area contributed by atoms with Gasteiger partial charge in [0.2, 0.25) is 5.91 Å². The molecule has 1 amide bonds. The van der Waals surface area contributed by atoms with E-state index >= 15 is 0 Å². The molecule has 2 aliphatic heterocycles. The van der Waals surface area contributed by atoms with Crippen LogP contribution >= 0.6 is 0 Å². The third kappa shape index (κ3) is 6.95. The molecule has 2 fully saturated rings. The molecular weight excluding hydrogens is 454 g/mol. The first-order chi connectivity index (χ1) is 17.5. The number of allylic oxidation sites excluding steroid dienone is 1. The van der Waals surface area contributed by atoms with Gasteiger partial charge in [-0.2, -0.15) is 0 Å². The molecule has 0 unspecified atom stereocenters. The highest BCUT2D eigenvalue weighted by Gasteiger charge is 2.27. The number of piperidine rings is 1. The van der Waals surface area contributed by atoms with Gasteiger partial charge in [0.1, 0.15) is 17.2 Å². The fourth-order valence-corrected chi connectivity index (χ4v) is 4.89. The summed E-state index contributed by atoms with van der Waals surface area (Å²) in [6.07, 6.45) is 5.90. The average Bonchev–Trinajstić information content (AvgIpc) is 3.12. The van der Waals surface area contributed by atoms with Gasteiger partial charge in [-0.1, -0.05) is 18.2 Å². The molecule has 2 heterocycles. The first kappa shape index (κ1) is 25.9. The van der Waals surface area contributed by atoms with Crippen LogP contribution in [0.1, 0.15) is 36.5 Å². The lowest BCUT2D eigenvalue weighted by molar-refractivity contribution is -0.127. The van der Waals surface area contributed by atoms with Crippen molar-refractivity contribution >= 4 is 11.7 Å². The molecule has 7 heteroatoms. The Morgan fingerprint density at radius 2 is 1.69 bits per heavy atom. The number of benzene rings is 2. The Hall–Kier alpha value is -3.16. The van der Waals surface area contributed by atoms with Gasteiger partial charge in [0, 0.05) is 44.4 Å². The van der Waals surface area contributed by atoms with E-state index in [-0.39, 0.29) is 11.7 Å². The van der Waals surface area contributed by atoms with E-state index in [0.717, 1.165) is 52.1 Å². The fraction of sp³-hybridized carbons (Fsp3) is 0.448. The summed E-state index contributed by atoms with van der Waals surface area (Å²) in [6.45, 7) is 8.34. The first-order valence-corrected chi connectivity index (χ1v) is 13.0. The molecule has 2 aromatic carbocycles. The minimum atomic E-state index is -0.277. The topological polar surface area (TPSA) is 62.3 Å². The van der Waals surface area contributed by atoms with E-state index in [1.54, 1.807) is 18.2 Å². The zero-order valence-corrected chi connectivity index (χ0v) is 21.4. The number of likely N-dealkylation sites (tertiary alicyclic amines) is 1. The van der Waals surface area contributed by atoms with Crippen molar-refractivity contribution in [3.8, 4) is 17.2 Å². The maximum atomic E-state index is 13.0. The van der Waals surface area contributed by atoms with Gasteiger partial charge in [0.25, 0.3) is 0 Å². The van der Waals surface area contributed by atoms with Gasteiger partial charge >= 0.3 is 0 Å². The summed E-state index contributed by atoms with van der Waals surface area (Å²) < 4.78 is 11.6. The lowest BCUT2D eigenvalue weighted by Crippen LogP contribution is -2.47. The molecule has 36 heavy (non-hydrogen) atoms. The Bertz CT molecular complexity index is 1050. The normalized spacial score (nSPS) is 18.2. The molecule has 0 atom stereocenters. The molecule has 0 radical (unpaired) electrons. The smallest absolute Gasteiger partial charge is 0.246 e. The van der Waals surface area contributed by atoms with Crippen molar-refractivity contribution in [3.63, 3.8) is 0 Å². The van der Waals surface area contributed by atoms with Gasteiger partial charge in [-0.3, -0.25) is 14.5 Å². The van der Waals surface area contributed by atoms with Gasteiger partial charge in [-0.15, -0.1) is 0 Å². The van der Waals surface area contributed by atoms with Gasteiger partial charge < -0.3 is 19.3 Å². The number of nitrogens with zero attached hydrogens (tertiary/aromatic N) is 3. The molecule has 7 nitrogen and oxygen atoms in total. The quantitative estimate of drug-likeness (QED) is 0.407. The van der Waals surface area contributed by atoms with Gasteiger partial charge in [0.05, 0.1) is 12.2 Å². The van der Waals surface area contributed by atoms with Crippen LogP contribution in [0.25, 0.3) is 0 Å². The summed E-state index contributed by atoms with van der Waals surface area (Å²) in [7, 11) is 2.18. The molecule has 0 saturated carbocycles. The summed E-state index contributed by atoms with van der Waals surface area (Å²) in [5, 5.41) is 0. The number of carbonyl (C=O) groups is 2. The lowest BCUT2D eigenvalue weighted by Gasteiger charge is -2.37. The molecule has 2 saturated heterocycles. The predicted octanol–water partition coefficient (Wildman–Crippen LogP) is 4.25. The standard InChI is InChI=1S/C29H37N3O4/c1-3-35-25-10-11-26(28(22-25)36-24-8-5-4-6-9-24)27(33)12-13-29(34)32-18-14-23(15-19-32)31-17-7-16-30(2)20-21-31/h4-6,8-13,22-23H,3,7,14-21H2,1-2H3. The molecule has 192 valence electrons. The molecule has 2 aliphatic rings. The van der Waals surface area contributed by atoms with E-state index in [9.17, 15) is 9.59 Å². The van der Waals surface area contributed by atoms with Crippen molar-refractivity contribution in [3.05, 3.63) is 66.2 Å². The minimum absolute atomic E-state index is 0.117. The van der Waals surface area contributed by atoms with Crippen molar-refractivity contribution in [1.82, 2.24) is 14.7 Å². The molecule has 0 aliphatic carbocycles. The molecule has 2 aromatic rings. The van der Waals surface area contributed by atoms with Crippen LogP contribution in [0.15, 0.2) is 60.7 Å². The van der Waals surface area contributed by atoms with Crippen molar-refractivity contribution in [2.75, 3.05) is 52.9 Å². The molecular formula is C29H37N3O4. The number of ether oxygens (including phenoxy) is 2. The number of likely N-dealkylation sites (N-methyl/N-ethyl adjacent to an activating group) is 1. The zero-order chi connectivity index (χ0) is 25.3. The maximum absolute atomic E-state index is 13.0. The second-order valence-corrected chi connectivity index (χ2v) is 9.45. The zero-order valence-electron chi connectivity index (χ0n) is 21.4. The molecule has 4 rings (SSSR count). The Balaban J connectivity index is 1.37. The minimum Gasteiger partial charge on any atom is -0.494 e. The Kier molecular flexibility index (Phi) is 9.14. The van der Waals surface area contributed by atoms with Gasteiger partial charge in [0.15, 0.2) is 5.78 Å². The van der Waals surface area contributed by atoms with Crippen LogP contribution < -0.4 is 9.47 Å². The summed E-state index contributed by atoms with van der Waals surface area (Å²) in [5.41, 5.74) is 0.385. The van der Waals surface area contributed by atoms with E-state index in [0.29, 0.717) is 35.5 Å². The number of carbonyl (C=O) groups excluding carboxylic acids is 2.